The van der Waals surface area contributed by atoms with Crippen LogP contribution in [-0.2, 0) is 32.0 Å². The summed E-state index contributed by atoms with van der Waals surface area (Å²) in [6, 6.07) is 15.1. The van der Waals surface area contributed by atoms with Crippen molar-refractivity contribution in [3.8, 4) is 11.5 Å². The Morgan fingerprint density at radius 2 is 1.44 bits per heavy atom. The number of aliphatic carboxylic acids is 2. The number of aryl methyl sites for hydroxylation is 2. The summed E-state index contributed by atoms with van der Waals surface area (Å²) in [5, 5.41) is 20.7. The topological polar surface area (TPSA) is 229 Å². The number of esters is 1. The maximum atomic E-state index is 13.2. The van der Waals surface area contributed by atoms with E-state index in [-0.39, 0.29) is 41.7 Å². The third kappa shape index (κ3) is 14.2. The van der Waals surface area contributed by atoms with Gasteiger partial charge in [-0.05, 0) is 61.1 Å². The van der Waals surface area contributed by atoms with E-state index in [1.54, 1.807) is 12.1 Å². The first-order valence-corrected chi connectivity index (χ1v) is 17.1. The molecule has 1 aliphatic heterocycles. The molecule has 1 aromatic heterocycles. The summed E-state index contributed by atoms with van der Waals surface area (Å²) < 4.78 is 47.7. The molecule has 0 aliphatic carbocycles. The van der Waals surface area contributed by atoms with Gasteiger partial charge < -0.3 is 50.5 Å². The van der Waals surface area contributed by atoms with Crippen LogP contribution in [-0.4, -0.2) is 102 Å². The van der Waals surface area contributed by atoms with Gasteiger partial charge in [-0.15, -0.1) is 0 Å². The summed E-state index contributed by atoms with van der Waals surface area (Å²) in [6.45, 7) is 3.06. The number of piperidine rings is 1. The van der Waals surface area contributed by atoms with Gasteiger partial charge in [0.2, 0.25) is 0 Å². The van der Waals surface area contributed by atoms with Crippen LogP contribution < -0.4 is 31.4 Å². The monoisotopic (exact) mass is 782 g/mol. The molecule has 0 radical (unpaired) electrons. The van der Waals surface area contributed by atoms with Crippen LogP contribution in [0.1, 0.15) is 47.3 Å². The minimum Gasteiger partial charge on any atom is -0.542 e. The van der Waals surface area contributed by atoms with Crippen molar-refractivity contribution in [2.75, 3.05) is 58.0 Å². The maximum absolute atomic E-state index is 13.2. The number of benzene rings is 2. The number of alkyl halides is 3. The van der Waals surface area contributed by atoms with E-state index in [2.05, 4.69) is 20.0 Å². The predicted molar refractivity (Wildman–Crippen MR) is 187 cm³/mol. The van der Waals surface area contributed by atoms with Crippen LogP contribution in [0.15, 0.2) is 48.5 Å². The maximum Gasteiger partial charge on any atom is 0.430 e. The Labute approximate surface area is 313 Å². The van der Waals surface area contributed by atoms with Crippen LogP contribution in [0.2, 0.25) is 5.15 Å². The lowest BCUT2D eigenvalue weighted by Crippen LogP contribution is -2.60. The molecule has 19 heteroatoms. The summed E-state index contributed by atoms with van der Waals surface area (Å²) >= 11 is 6.02. The number of carboxylic acid groups (broad SMARTS) is 2. The molecule has 2 aromatic carbocycles. The highest BCUT2D eigenvalue weighted by atomic mass is 35.5. The average molecular weight is 783 g/mol. The smallest absolute Gasteiger partial charge is 0.430 e. The number of nitrogens with zero attached hydrogens (tertiary/aromatic N) is 3. The molecule has 2 atom stereocenters. The number of nitrogens with one attached hydrogen (secondary N) is 1. The van der Waals surface area contributed by atoms with Gasteiger partial charge in [-0.25, -0.2) is 19.6 Å². The normalized spacial score (nSPS) is 16.6. The van der Waals surface area contributed by atoms with Crippen molar-refractivity contribution in [1.29, 1.82) is 0 Å². The Kier molecular flexibility index (Phi) is 16.1. The summed E-state index contributed by atoms with van der Waals surface area (Å²) in [5.74, 6) is -3.86. The summed E-state index contributed by atoms with van der Waals surface area (Å²) in [6.07, 6.45) is 0.142. The van der Waals surface area contributed by atoms with Gasteiger partial charge in [0.15, 0.2) is 35.7 Å². The number of hydrogen-bond donors (Lipinski definition) is 4. The SMILES string of the molecule is COC(=O)COc1ccc(CCC[N+]2(CCCc3ccc(OCC(=O)O)cc3)CCCC(NC(=O)c3nc(Cl)c(N)nc3N)C2)cc1.O=C([O-])C(F)(F)F. The van der Waals surface area contributed by atoms with Crippen LogP contribution in [0, 0.1) is 0 Å². The number of rotatable bonds is 16. The molecule has 3 aromatic rings. The number of nitrogen functional groups attached to an aromatic ring is 2. The third-order valence-electron chi connectivity index (χ3n) is 8.47. The first-order valence-electron chi connectivity index (χ1n) is 16.7. The van der Waals surface area contributed by atoms with Gasteiger partial charge in [0, 0.05) is 12.8 Å². The molecule has 15 nitrogen and oxygen atoms in total. The standard InChI is InChI=1S/C33H41ClN6O7.C2HF3O2/c1-45-28(43)21-47-26-14-10-23(11-15-26)6-3-17-40(16-2-5-22-8-12-25(13-9-22)46-20-27(41)42)18-4-7-24(19-40)37-33(44)29-31(35)39-32(36)30(34)38-29;3-2(4,5)1(6)7/h8-15,24H,2-7,16-21H2,1H3,(H5-,35,36,37,39,41,42,44);(H,6,7). The number of aromatic nitrogens is 2. The van der Waals surface area contributed by atoms with E-state index in [1.807, 2.05) is 36.4 Å². The molecular formula is C35H42ClF3N6O9. The Bertz CT molecular complexity index is 1730. The van der Waals surface area contributed by atoms with Gasteiger partial charge in [0.05, 0.1) is 39.3 Å². The van der Waals surface area contributed by atoms with E-state index in [0.717, 1.165) is 80.3 Å². The van der Waals surface area contributed by atoms with Crippen molar-refractivity contribution in [1.82, 2.24) is 15.3 Å². The van der Waals surface area contributed by atoms with Gasteiger partial charge >= 0.3 is 18.1 Å². The number of halogens is 4. The van der Waals surface area contributed by atoms with E-state index >= 15 is 0 Å². The van der Waals surface area contributed by atoms with Crippen LogP contribution in [0.3, 0.4) is 0 Å². The molecule has 2 unspecified atom stereocenters. The second-order valence-corrected chi connectivity index (χ2v) is 12.8. The lowest BCUT2D eigenvalue weighted by Gasteiger charge is -2.45. The molecule has 6 N–H and O–H groups in total. The van der Waals surface area contributed by atoms with E-state index < -0.39 is 30.0 Å². The highest BCUT2D eigenvalue weighted by Gasteiger charge is 2.36. The molecule has 1 amide bonds. The highest BCUT2D eigenvalue weighted by molar-refractivity contribution is 6.31. The lowest BCUT2D eigenvalue weighted by atomic mass is 9.99. The molecule has 1 saturated heterocycles. The van der Waals surface area contributed by atoms with Gasteiger partial charge in [0.25, 0.3) is 5.91 Å². The molecule has 2 heterocycles. The Hall–Kier alpha value is -5.36. The zero-order chi connectivity index (χ0) is 39.9. The van der Waals surface area contributed by atoms with Crippen LogP contribution in [0.4, 0.5) is 24.8 Å². The van der Waals surface area contributed by atoms with Gasteiger partial charge in [-0.2, -0.15) is 13.2 Å². The van der Waals surface area contributed by atoms with E-state index in [9.17, 15) is 27.6 Å². The molecule has 1 fully saturated rings. The molecule has 4 rings (SSSR count). The first-order chi connectivity index (χ1) is 25.5. The van der Waals surface area contributed by atoms with E-state index in [4.69, 9.17) is 47.5 Å². The summed E-state index contributed by atoms with van der Waals surface area (Å²) in [7, 11) is 1.32. The number of quaternary nitrogens is 1. The third-order valence-corrected chi connectivity index (χ3v) is 8.75. The van der Waals surface area contributed by atoms with Crippen molar-refractivity contribution in [3.63, 3.8) is 0 Å². The van der Waals surface area contributed by atoms with Gasteiger partial charge in [0.1, 0.15) is 17.5 Å². The second kappa shape index (κ2) is 20.2. The molecule has 0 saturated carbocycles. The predicted octanol–water partition coefficient (Wildman–Crippen LogP) is 2.58. The van der Waals surface area contributed by atoms with Crippen LogP contribution in [0.25, 0.3) is 0 Å². The minimum absolute atomic E-state index is 0.0279. The van der Waals surface area contributed by atoms with Crippen molar-refractivity contribution in [2.24, 2.45) is 0 Å². The Morgan fingerprint density at radius 1 is 0.926 bits per heavy atom. The largest absolute Gasteiger partial charge is 0.542 e. The number of carbonyl (C=O) groups is 4. The quantitative estimate of drug-likeness (QED) is 0.121. The van der Waals surface area contributed by atoms with Crippen molar-refractivity contribution in [3.05, 3.63) is 70.5 Å². The zero-order valence-electron chi connectivity index (χ0n) is 29.4. The number of nitrogens with two attached hydrogens (primary N) is 2. The molecule has 0 spiro atoms. The summed E-state index contributed by atoms with van der Waals surface area (Å²) in [5.41, 5.74) is 13.9. The number of ether oxygens (including phenoxy) is 3. The Morgan fingerprint density at radius 3 is 1.93 bits per heavy atom. The van der Waals surface area contributed by atoms with Crippen molar-refractivity contribution in [2.45, 2.75) is 50.7 Å². The number of hydrogen-bond acceptors (Lipinski definition) is 12. The molecule has 0 bridgehead atoms. The summed E-state index contributed by atoms with van der Waals surface area (Å²) in [4.78, 5) is 52.1. The minimum atomic E-state index is -5.19. The zero-order valence-corrected chi connectivity index (χ0v) is 30.2. The Balaban J connectivity index is 0.00000102. The second-order valence-electron chi connectivity index (χ2n) is 12.5. The van der Waals surface area contributed by atoms with E-state index in [1.165, 1.54) is 7.11 Å². The van der Waals surface area contributed by atoms with Crippen molar-refractivity contribution < 1.29 is 61.3 Å². The number of anilines is 2. The molecular weight excluding hydrogens is 741 g/mol. The molecule has 294 valence electrons. The van der Waals surface area contributed by atoms with Gasteiger partial charge in [-0.3, -0.25) is 4.79 Å². The van der Waals surface area contributed by atoms with E-state index in [0.29, 0.717) is 11.5 Å². The number of likely N-dealkylation sites (tertiary alicyclic amines) is 1. The lowest BCUT2D eigenvalue weighted by molar-refractivity contribution is -0.933. The molecule has 1 aliphatic rings. The van der Waals surface area contributed by atoms with Crippen LogP contribution in [0.5, 0.6) is 11.5 Å². The fourth-order valence-corrected chi connectivity index (χ4v) is 6.04. The number of methoxy groups -OCH3 is 1. The fraction of sp³-hybridized carbons (Fsp3) is 0.429. The number of carboxylic acids is 2. The molecule has 54 heavy (non-hydrogen) atoms. The highest BCUT2D eigenvalue weighted by Crippen LogP contribution is 2.25. The number of carbonyl (C=O) groups excluding carboxylic acids is 3. The van der Waals surface area contributed by atoms with Crippen LogP contribution >= 0.6 is 11.6 Å². The number of amides is 1. The fourth-order valence-electron chi connectivity index (χ4n) is 5.91. The van der Waals surface area contributed by atoms with Crippen molar-refractivity contribution >= 4 is 47.1 Å². The van der Waals surface area contributed by atoms with Gasteiger partial charge in [-0.1, -0.05) is 35.9 Å². The average Bonchev–Trinajstić information content (AvgIpc) is 3.12. The first kappa shape index (κ1) is 43.0.